The molecule has 100 valence electrons. The molecule has 18 heavy (non-hydrogen) atoms. The van der Waals surface area contributed by atoms with E-state index >= 15 is 0 Å². The molecule has 0 spiro atoms. The number of halogens is 1. The summed E-state index contributed by atoms with van der Waals surface area (Å²) in [7, 11) is 3.19. The first-order valence-corrected chi connectivity index (χ1v) is 7.97. The first-order chi connectivity index (χ1) is 8.36. The van der Waals surface area contributed by atoms with Crippen LogP contribution in [-0.2, 0) is 9.05 Å². The van der Waals surface area contributed by atoms with Crippen LogP contribution in [-0.4, -0.2) is 32.8 Å². The molecule has 0 bridgehead atoms. The molecule has 0 atom stereocenters. The number of benzene rings is 1. The minimum atomic E-state index is -3.73. The number of carbonyl (C=O) groups excluding carboxylic acids is 1. The first-order valence-electron chi connectivity index (χ1n) is 5.66. The largest absolute Gasteiger partial charge is 0.342 e. The van der Waals surface area contributed by atoms with Crippen molar-refractivity contribution in [2.24, 2.45) is 0 Å². The van der Waals surface area contributed by atoms with Gasteiger partial charge in [0.2, 0.25) is 0 Å². The van der Waals surface area contributed by atoms with Gasteiger partial charge in [-0.3, -0.25) is 4.79 Å². The molecule has 4 nitrogen and oxygen atoms in total. The molecule has 1 aromatic rings. The lowest BCUT2D eigenvalue weighted by atomic mass is 10.2. The molecule has 0 saturated heterocycles. The third-order valence-corrected chi connectivity index (χ3v) is 3.95. The Kier molecular flexibility index (Phi) is 5.16. The molecule has 0 aliphatic heterocycles. The standard InChI is InChI=1S/C12H16ClNO3S/c1-3-4-9-14(2)12(15)10-5-7-11(8-6-10)18(13,16)17/h5-8H,3-4,9H2,1-2H3. The minimum absolute atomic E-state index is 0.00284. The summed E-state index contributed by atoms with van der Waals surface area (Å²) in [6.07, 6.45) is 1.96. The zero-order chi connectivity index (χ0) is 13.8. The Morgan fingerprint density at radius 3 is 2.28 bits per heavy atom. The van der Waals surface area contributed by atoms with Crippen LogP contribution in [0.4, 0.5) is 0 Å². The number of amides is 1. The smallest absolute Gasteiger partial charge is 0.261 e. The van der Waals surface area contributed by atoms with Crippen molar-refractivity contribution in [3.8, 4) is 0 Å². The van der Waals surface area contributed by atoms with Crippen molar-refractivity contribution in [2.45, 2.75) is 24.7 Å². The van der Waals surface area contributed by atoms with Crippen molar-refractivity contribution in [1.29, 1.82) is 0 Å². The highest BCUT2D eigenvalue weighted by molar-refractivity contribution is 8.13. The van der Waals surface area contributed by atoms with E-state index in [1.54, 1.807) is 11.9 Å². The van der Waals surface area contributed by atoms with Crippen LogP contribution in [0.15, 0.2) is 29.2 Å². The quantitative estimate of drug-likeness (QED) is 0.783. The third-order valence-electron chi connectivity index (χ3n) is 2.58. The summed E-state index contributed by atoms with van der Waals surface area (Å²) in [5.74, 6) is -0.123. The van der Waals surface area contributed by atoms with Crippen molar-refractivity contribution in [1.82, 2.24) is 4.90 Å². The average molecular weight is 290 g/mol. The fourth-order valence-electron chi connectivity index (χ4n) is 1.48. The first kappa shape index (κ1) is 15.0. The number of unbranched alkanes of at least 4 members (excludes halogenated alkanes) is 1. The Balaban J connectivity index is 2.82. The zero-order valence-corrected chi connectivity index (χ0v) is 12.0. The van der Waals surface area contributed by atoms with Gasteiger partial charge in [0, 0.05) is 29.8 Å². The van der Waals surface area contributed by atoms with Gasteiger partial charge >= 0.3 is 0 Å². The minimum Gasteiger partial charge on any atom is -0.342 e. The van der Waals surface area contributed by atoms with Crippen LogP contribution in [0.1, 0.15) is 30.1 Å². The van der Waals surface area contributed by atoms with E-state index in [2.05, 4.69) is 6.92 Å². The van der Waals surface area contributed by atoms with Gasteiger partial charge < -0.3 is 4.90 Å². The summed E-state index contributed by atoms with van der Waals surface area (Å²) >= 11 is 0. The van der Waals surface area contributed by atoms with Gasteiger partial charge in [0.25, 0.3) is 15.0 Å². The second-order valence-electron chi connectivity index (χ2n) is 4.04. The number of nitrogens with zero attached hydrogens (tertiary/aromatic N) is 1. The highest BCUT2D eigenvalue weighted by Gasteiger charge is 2.14. The predicted molar refractivity (Wildman–Crippen MR) is 71.3 cm³/mol. The van der Waals surface area contributed by atoms with Gasteiger partial charge in [-0.1, -0.05) is 13.3 Å². The van der Waals surface area contributed by atoms with Crippen molar-refractivity contribution in [3.05, 3.63) is 29.8 Å². The normalized spacial score (nSPS) is 11.3. The van der Waals surface area contributed by atoms with Gasteiger partial charge in [-0.2, -0.15) is 0 Å². The molecule has 0 unspecified atom stereocenters. The Hall–Kier alpha value is -1.07. The number of hydrogen-bond donors (Lipinski definition) is 0. The van der Waals surface area contributed by atoms with Gasteiger partial charge in [0.1, 0.15) is 0 Å². The summed E-state index contributed by atoms with van der Waals surface area (Å²) in [5.41, 5.74) is 0.456. The lowest BCUT2D eigenvalue weighted by molar-refractivity contribution is 0.0793. The van der Waals surface area contributed by atoms with Crippen molar-refractivity contribution < 1.29 is 13.2 Å². The molecule has 0 N–H and O–H groups in total. The molecule has 0 heterocycles. The van der Waals surface area contributed by atoms with Crippen LogP contribution in [0.5, 0.6) is 0 Å². The average Bonchev–Trinajstić information content (AvgIpc) is 2.34. The SMILES string of the molecule is CCCCN(C)C(=O)c1ccc(S(=O)(=O)Cl)cc1. The van der Waals surface area contributed by atoms with Crippen LogP contribution in [0.25, 0.3) is 0 Å². The van der Waals surface area contributed by atoms with Gasteiger partial charge in [0.15, 0.2) is 0 Å². The van der Waals surface area contributed by atoms with Crippen LogP contribution < -0.4 is 0 Å². The van der Waals surface area contributed by atoms with E-state index in [4.69, 9.17) is 10.7 Å². The molecule has 0 aromatic heterocycles. The van der Waals surface area contributed by atoms with E-state index in [1.165, 1.54) is 24.3 Å². The predicted octanol–water partition coefficient (Wildman–Crippen LogP) is 2.49. The number of rotatable bonds is 5. The Morgan fingerprint density at radius 2 is 1.83 bits per heavy atom. The summed E-state index contributed by atoms with van der Waals surface area (Å²) < 4.78 is 22.1. The van der Waals surface area contributed by atoms with Crippen LogP contribution in [0.2, 0.25) is 0 Å². The fraction of sp³-hybridized carbons (Fsp3) is 0.417. The summed E-state index contributed by atoms with van der Waals surface area (Å²) in [6.45, 7) is 2.74. The maximum atomic E-state index is 12.0. The summed E-state index contributed by atoms with van der Waals surface area (Å²) in [4.78, 5) is 13.6. The maximum absolute atomic E-state index is 12.0. The molecular formula is C12H16ClNO3S. The molecule has 0 aliphatic carbocycles. The van der Waals surface area contributed by atoms with Crippen LogP contribution in [0, 0.1) is 0 Å². The van der Waals surface area contributed by atoms with E-state index in [0.717, 1.165) is 12.8 Å². The topological polar surface area (TPSA) is 54.5 Å². The van der Waals surface area contributed by atoms with Crippen molar-refractivity contribution in [3.63, 3.8) is 0 Å². The lowest BCUT2D eigenvalue weighted by Crippen LogP contribution is -2.27. The molecule has 0 fully saturated rings. The highest BCUT2D eigenvalue weighted by atomic mass is 35.7. The number of hydrogen-bond acceptors (Lipinski definition) is 3. The summed E-state index contributed by atoms with van der Waals surface area (Å²) in [6, 6.07) is 5.62. The molecule has 0 radical (unpaired) electrons. The molecule has 6 heteroatoms. The second kappa shape index (κ2) is 6.20. The molecule has 1 aromatic carbocycles. The van der Waals surface area contributed by atoms with Crippen molar-refractivity contribution >= 4 is 25.6 Å². The van der Waals surface area contributed by atoms with E-state index < -0.39 is 9.05 Å². The molecule has 0 saturated carbocycles. The van der Waals surface area contributed by atoms with E-state index in [0.29, 0.717) is 12.1 Å². The number of carbonyl (C=O) groups is 1. The highest BCUT2D eigenvalue weighted by Crippen LogP contribution is 2.16. The lowest BCUT2D eigenvalue weighted by Gasteiger charge is -2.16. The molecule has 1 amide bonds. The van der Waals surface area contributed by atoms with Gasteiger partial charge in [-0.25, -0.2) is 8.42 Å². The van der Waals surface area contributed by atoms with Gasteiger partial charge in [0.05, 0.1) is 4.90 Å². The second-order valence-corrected chi connectivity index (χ2v) is 6.61. The molecule has 1 rings (SSSR count). The fourth-order valence-corrected chi connectivity index (χ4v) is 2.25. The van der Waals surface area contributed by atoms with E-state index in [1.807, 2.05) is 0 Å². The Morgan fingerprint density at radius 1 is 1.28 bits per heavy atom. The Bertz CT molecular complexity index is 511. The van der Waals surface area contributed by atoms with E-state index in [9.17, 15) is 13.2 Å². The monoisotopic (exact) mass is 289 g/mol. The zero-order valence-electron chi connectivity index (χ0n) is 10.4. The molecular weight excluding hydrogens is 274 g/mol. The molecule has 0 aliphatic rings. The Labute approximate surface area is 112 Å². The van der Waals surface area contributed by atoms with Crippen LogP contribution in [0.3, 0.4) is 0 Å². The van der Waals surface area contributed by atoms with Crippen molar-refractivity contribution in [2.75, 3.05) is 13.6 Å². The third kappa shape index (κ3) is 3.99. The summed E-state index contributed by atoms with van der Waals surface area (Å²) in [5, 5.41) is 0. The van der Waals surface area contributed by atoms with Gasteiger partial charge in [-0.05, 0) is 30.7 Å². The van der Waals surface area contributed by atoms with Gasteiger partial charge in [-0.15, -0.1) is 0 Å². The van der Waals surface area contributed by atoms with Crippen LogP contribution >= 0.6 is 10.7 Å². The van der Waals surface area contributed by atoms with E-state index in [-0.39, 0.29) is 10.8 Å². The maximum Gasteiger partial charge on any atom is 0.261 e.